The second-order valence-corrected chi connectivity index (χ2v) is 5.63. The number of pyridine rings is 1. The maximum Gasteiger partial charge on any atom is 0.244 e. The average molecular weight is 298 g/mol. The molecule has 0 spiro atoms. The highest BCUT2D eigenvalue weighted by Crippen LogP contribution is 2.17. The summed E-state index contributed by atoms with van der Waals surface area (Å²) in [4.78, 5) is 7.73. The SMILES string of the molecule is Cc1nc(CCNS(=O)(=O)c2cnccc2NN)no1. The van der Waals surface area contributed by atoms with Crippen molar-refractivity contribution in [2.24, 2.45) is 5.84 Å². The Morgan fingerprint density at radius 3 is 2.90 bits per heavy atom. The molecule has 0 bridgehead atoms. The fraction of sp³-hybridized carbons (Fsp3) is 0.300. The largest absolute Gasteiger partial charge is 0.340 e. The summed E-state index contributed by atoms with van der Waals surface area (Å²) in [6, 6.07) is 1.47. The van der Waals surface area contributed by atoms with Crippen molar-refractivity contribution >= 4 is 15.7 Å². The fourth-order valence-corrected chi connectivity index (χ4v) is 2.67. The Hall–Kier alpha value is -2.04. The van der Waals surface area contributed by atoms with Gasteiger partial charge in [-0.2, -0.15) is 4.98 Å². The van der Waals surface area contributed by atoms with E-state index in [2.05, 4.69) is 25.3 Å². The fourth-order valence-electron chi connectivity index (χ4n) is 1.53. The molecule has 0 aliphatic heterocycles. The van der Waals surface area contributed by atoms with Crippen molar-refractivity contribution in [1.29, 1.82) is 0 Å². The molecule has 10 heteroatoms. The number of nitrogens with zero attached hydrogens (tertiary/aromatic N) is 3. The van der Waals surface area contributed by atoms with Gasteiger partial charge in [-0.15, -0.1) is 0 Å². The van der Waals surface area contributed by atoms with Gasteiger partial charge in [0.15, 0.2) is 5.82 Å². The first-order valence-corrected chi connectivity index (χ1v) is 7.21. The van der Waals surface area contributed by atoms with Crippen molar-refractivity contribution in [2.45, 2.75) is 18.2 Å². The Balaban J connectivity index is 2.04. The van der Waals surface area contributed by atoms with Crippen LogP contribution in [0.1, 0.15) is 11.7 Å². The third-order valence-electron chi connectivity index (χ3n) is 2.44. The zero-order valence-electron chi connectivity index (χ0n) is 10.7. The van der Waals surface area contributed by atoms with Crippen molar-refractivity contribution in [3.63, 3.8) is 0 Å². The van der Waals surface area contributed by atoms with Gasteiger partial charge in [0.25, 0.3) is 0 Å². The van der Waals surface area contributed by atoms with Gasteiger partial charge in [-0.25, -0.2) is 13.1 Å². The molecule has 2 aromatic heterocycles. The number of aromatic nitrogens is 3. The highest BCUT2D eigenvalue weighted by molar-refractivity contribution is 7.89. The first-order valence-electron chi connectivity index (χ1n) is 5.72. The third-order valence-corrected chi connectivity index (χ3v) is 3.93. The lowest BCUT2D eigenvalue weighted by molar-refractivity contribution is 0.387. The second-order valence-electron chi connectivity index (χ2n) is 3.89. The van der Waals surface area contributed by atoms with Gasteiger partial charge < -0.3 is 9.95 Å². The van der Waals surface area contributed by atoms with E-state index in [9.17, 15) is 8.42 Å². The predicted octanol–water partition coefficient (Wildman–Crippen LogP) is -0.420. The van der Waals surface area contributed by atoms with Crippen LogP contribution in [-0.2, 0) is 16.4 Å². The molecule has 9 nitrogen and oxygen atoms in total. The molecule has 0 aliphatic carbocycles. The van der Waals surface area contributed by atoms with Crippen LogP contribution < -0.4 is 16.0 Å². The van der Waals surface area contributed by atoms with Gasteiger partial charge in [-0.1, -0.05) is 5.16 Å². The van der Waals surface area contributed by atoms with Gasteiger partial charge >= 0.3 is 0 Å². The van der Waals surface area contributed by atoms with Crippen molar-refractivity contribution in [3.05, 3.63) is 30.2 Å². The molecule has 0 radical (unpaired) electrons. The van der Waals surface area contributed by atoms with Crippen LogP contribution in [0, 0.1) is 6.92 Å². The summed E-state index contributed by atoms with van der Waals surface area (Å²) in [5, 5.41) is 3.68. The molecule has 0 saturated heterocycles. The van der Waals surface area contributed by atoms with E-state index in [1.54, 1.807) is 6.92 Å². The molecule has 108 valence electrons. The van der Waals surface area contributed by atoms with Crippen LogP contribution in [0.25, 0.3) is 0 Å². The smallest absolute Gasteiger partial charge is 0.244 e. The lowest BCUT2D eigenvalue weighted by atomic mass is 10.4. The molecule has 20 heavy (non-hydrogen) atoms. The lowest BCUT2D eigenvalue weighted by Gasteiger charge is -2.09. The van der Waals surface area contributed by atoms with E-state index >= 15 is 0 Å². The molecule has 0 unspecified atom stereocenters. The van der Waals surface area contributed by atoms with Crippen LogP contribution in [-0.4, -0.2) is 30.1 Å². The van der Waals surface area contributed by atoms with Gasteiger partial charge in [0, 0.05) is 32.3 Å². The molecule has 0 fully saturated rings. The lowest BCUT2D eigenvalue weighted by Crippen LogP contribution is -2.27. The molecule has 0 aromatic carbocycles. The minimum Gasteiger partial charge on any atom is -0.340 e. The highest BCUT2D eigenvalue weighted by Gasteiger charge is 2.18. The van der Waals surface area contributed by atoms with E-state index in [0.29, 0.717) is 18.1 Å². The van der Waals surface area contributed by atoms with Crippen LogP contribution in [0.5, 0.6) is 0 Å². The third kappa shape index (κ3) is 3.29. The maximum atomic E-state index is 12.1. The standard InChI is InChI=1S/C10H14N6O3S/c1-7-14-10(16-19-7)3-5-13-20(17,18)9-6-12-4-2-8(9)15-11/h2,4,6,13H,3,5,11H2,1H3,(H,12,15). The number of rotatable bonds is 6. The van der Waals surface area contributed by atoms with E-state index < -0.39 is 10.0 Å². The molecule has 0 aliphatic rings. The summed E-state index contributed by atoms with van der Waals surface area (Å²) >= 11 is 0. The highest BCUT2D eigenvalue weighted by atomic mass is 32.2. The van der Waals surface area contributed by atoms with Gasteiger partial charge in [-0.05, 0) is 6.07 Å². The van der Waals surface area contributed by atoms with Gasteiger partial charge in [0.2, 0.25) is 15.9 Å². The van der Waals surface area contributed by atoms with E-state index in [-0.39, 0.29) is 17.1 Å². The summed E-state index contributed by atoms with van der Waals surface area (Å²) in [7, 11) is -3.71. The zero-order valence-corrected chi connectivity index (χ0v) is 11.5. The molecule has 0 saturated carbocycles. The van der Waals surface area contributed by atoms with Gasteiger partial charge in [0.1, 0.15) is 4.90 Å². The number of nitrogens with two attached hydrogens (primary N) is 1. The Labute approximate surface area is 115 Å². The first kappa shape index (κ1) is 14.4. The summed E-state index contributed by atoms with van der Waals surface area (Å²) in [6.45, 7) is 1.80. The van der Waals surface area contributed by atoms with Crippen LogP contribution >= 0.6 is 0 Å². The number of hydrogen-bond donors (Lipinski definition) is 3. The first-order chi connectivity index (χ1) is 9.53. The second kappa shape index (κ2) is 5.94. The van der Waals surface area contributed by atoms with Crippen molar-refractivity contribution in [1.82, 2.24) is 19.8 Å². The number of anilines is 1. The normalized spacial score (nSPS) is 11.5. The van der Waals surface area contributed by atoms with Crippen molar-refractivity contribution < 1.29 is 12.9 Å². The van der Waals surface area contributed by atoms with Crippen LogP contribution in [0.3, 0.4) is 0 Å². The maximum absolute atomic E-state index is 12.1. The van der Waals surface area contributed by atoms with E-state index in [1.165, 1.54) is 18.5 Å². The number of nitrogen functional groups attached to an aromatic ring is 1. The van der Waals surface area contributed by atoms with Crippen LogP contribution in [0.15, 0.2) is 27.9 Å². The summed E-state index contributed by atoms with van der Waals surface area (Å²) < 4.78 is 31.4. The molecule has 2 heterocycles. The van der Waals surface area contributed by atoms with Crippen LogP contribution in [0.4, 0.5) is 5.69 Å². The predicted molar refractivity (Wildman–Crippen MR) is 70.0 cm³/mol. The van der Waals surface area contributed by atoms with E-state index in [1.807, 2.05) is 0 Å². The van der Waals surface area contributed by atoms with E-state index in [4.69, 9.17) is 10.4 Å². The monoisotopic (exact) mass is 298 g/mol. The Morgan fingerprint density at radius 1 is 1.45 bits per heavy atom. The number of aryl methyl sites for hydroxylation is 1. The average Bonchev–Trinajstić information content (AvgIpc) is 2.84. The van der Waals surface area contributed by atoms with Gasteiger partial charge in [0.05, 0.1) is 5.69 Å². The molecule has 0 amide bonds. The Kier molecular flexibility index (Phi) is 4.27. The Bertz CT molecular complexity index is 684. The van der Waals surface area contributed by atoms with Crippen LogP contribution in [0.2, 0.25) is 0 Å². The summed E-state index contributed by atoms with van der Waals surface area (Å²) in [5.41, 5.74) is 2.58. The van der Waals surface area contributed by atoms with E-state index in [0.717, 1.165) is 0 Å². The van der Waals surface area contributed by atoms with Crippen molar-refractivity contribution in [2.75, 3.05) is 12.0 Å². The Morgan fingerprint density at radius 2 is 2.25 bits per heavy atom. The minimum absolute atomic E-state index is 0.0215. The molecule has 0 atom stereocenters. The summed E-state index contributed by atoms with van der Waals surface area (Å²) in [5.74, 6) is 6.14. The van der Waals surface area contributed by atoms with Gasteiger partial charge in [-0.3, -0.25) is 10.8 Å². The van der Waals surface area contributed by atoms with Crippen molar-refractivity contribution in [3.8, 4) is 0 Å². The minimum atomic E-state index is -3.71. The quantitative estimate of drug-likeness (QED) is 0.483. The number of sulfonamides is 1. The zero-order chi connectivity index (χ0) is 14.6. The molecule has 2 rings (SSSR count). The number of hydrazine groups is 1. The topological polar surface area (TPSA) is 136 Å². The molecular formula is C10H14N6O3S. The number of hydrogen-bond acceptors (Lipinski definition) is 8. The molecule has 2 aromatic rings. The molecule has 4 N–H and O–H groups in total. The number of nitrogens with one attached hydrogen (secondary N) is 2. The summed E-state index contributed by atoms with van der Waals surface area (Å²) in [6.07, 6.45) is 2.98. The molecular weight excluding hydrogens is 284 g/mol.